The number of benzene rings is 2. The van der Waals surface area contributed by atoms with Gasteiger partial charge in [-0.2, -0.15) is 0 Å². The maximum absolute atomic E-state index is 12.5. The summed E-state index contributed by atoms with van der Waals surface area (Å²) < 4.78 is 4.81. The number of carbonyl (C=O) groups excluding carboxylic acids is 3. The lowest BCUT2D eigenvalue weighted by Gasteiger charge is -2.17. The van der Waals surface area contributed by atoms with Crippen LogP contribution < -0.4 is 0 Å². The van der Waals surface area contributed by atoms with E-state index in [-0.39, 0.29) is 41.5 Å². The van der Waals surface area contributed by atoms with Crippen molar-refractivity contribution in [2.75, 3.05) is 13.2 Å². The molecule has 110 valence electrons. The Morgan fingerprint density at radius 1 is 0.909 bits per heavy atom. The van der Waals surface area contributed by atoms with Crippen LogP contribution in [0.3, 0.4) is 0 Å². The van der Waals surface area contributed by atoms with Gasteiger partial charge in [0.1, 0.15) is 6.61 Å². The lowest BCUT2D eigenvalue weighted by atomic mass is 9.83. The lowest BCUT2D eigenvalue weighted by Crippen LogP contribution is -2.21. The summed E-state index contributed by atoms with van der Waals surface area (Å²) in [6.07, 6.45) is 0. The molecular weight excluding hydrogens is 284 g/mol. The first-order valence-corrected chi connectivity index (χ1v) is 6.74. The Kier molecular flexibility index (Phi) is 3.56. The standard InChI is InChI=1S/C17H12O5/c18-7-8-22-17(21)10-5-6-13-14(9-10)16(20)12-4-2-1-3-11(12)15(13)19/h1-6,9,18H,7-8H2. The highest BCUT2D eigenvalue weighted by Gasteiger charge is 2.30. The number of hydrogen-bond acceptors (Lipinski definition) is 5. The maximum Gasteiger partial charge on any atom is 0.338 e. The molecule has 0 spiro atoms. The molecule has 1 aliphatic rings. The monoisotopic (exact) mass is 296 g/mol. The number of hydrogen-bond donors (Lipinski definition) is 1. The third kappa shape index (κ3) is 2.21. The molecule has 0 heterocycles. The average Bonchev–Trinajstić information content (AvgIpc) is 2.57. The molecule has 22 heavy (non-hydrogen) atoms. The van der Waals surface area contributed by atoms with Crippen LogP contribution in [-0.2, 0) is 4.74 Å². The smallest absolute Gasteiger partial charge is 0.338 e. The molecule has 0 radical (unpaired) electrons. The number of ketones is 2. The van der Waals surface area contributed by atoms with Crippen LogP contribution in [0.1, 0.15) is 42.2 Å². The summed E-state index contributed by atoms with van der Waals surface area (Å²) in [5.74, 6) is -1.17. The van der Waals surface area contributed by atoms with E-state index in [4.69, 9.17) is 9.84 Å². The molecule has 0 bridgehead atoms. The van der Waals surface area contributed by atoms with Crippen molar-refractivity contribution in [2.24, 2.45) is 0 Å². The molecule has 0 saturated heterocycles. The number of rotatable bonds is 3. The second-order valence-electron chi connectivity index (χ2n) is 4.82. The maximum atomic E-state index is 12.5. The van der Waals surface area contributed by atoms with Crippen molar-refractivity contribution in [3.05, 3.63) is 70.3 Å². The Hall–Kier alpha value is -2.79. The van der Waals surface area contributed by atoms with E-state index in [0.29, 0.717) is 11.1 Å². The van der Waals surface area contributed by atoms with Crippen LogP contribution in [0, 0.1) is 0 Å². The molecule has 0 unspecified atom stereocenters. The molecule has 0 amide bonds. The Bertz CT molecular complexity index is 791. The van der Waals surface area contributed by atoms with Crippen LogP contribution in [0.15, 0.2) is 42.5 Å². The normalized spacial score (nSPS) is 12.6. The molecule has 3 rings (SSSR count). The highest BCUT2D eigenvalue weighted by molar-refractivity contribution is 6.28. The van der Waals surface area contributed by atoms with E-state index in [2.05, 4.69) is 0 Å². The average molecular weight is 296 g/mol. The van der Waals surface area contributed by atoms with E-state index < -0.39 is 5.97 Å². The number of ether oxygens (including phenoxy) is 1. The van der Waals surface area contributed by atoms with Crippen molar-refractivity contribution in [1.82, 2.24) is 0 Å². The predicted octanol–water partition coefficient (Wildman–Crippen LogP) is 1.61. The first kappa shape index (κ1) is 14.2. The molecule has 0 fully saturated rings. The van der Waals surface area contributed by atoms with Gasteiger partial charge >= 0.3 is 5.97 Å². The summed E-state index contributed by atoms with van der Waals surface area (Å²) in [4.78, 5) is 36.7. The summed E-state index contributed by atoms with van der Waals surface area (Å²) >= 11 is 0. The lowest BCUT2D eigenvalue weighted by molar-refractivity contribution is 0.0433. The summed E-state index contributed by atoms with van der Waals surface area (Å²) in [6, 6.07) is 10.9. The molecule has 5 nitrogen and oxygen atoms in total. The van der Waals surface area contributed by atoms with Crippen LogP contribution >= 0.6 is 0 Å². The van der Waals surface area contributed by atoms with Crippen LogP contribution in [-0.4, -0.2) is 35.9 Å². The second-order valence-corrected chi connectivity index (χ2v) is 4.82. The molecule has 0 saturated carbocycles. The number of aliphatic hydroxyl groups excluding tert-OH is 1. The van der Waals surface area contributed by atoms with Crippen molar-refractivity contribution >= 4 is 17.5 Å². The van der Waals surface area contributed by atoms with Crippen molar-refractivity contribution < 1.29 is 24.2 Å². The zero-order chi connectivity index (χ0) is 15.7. The van der Waals surface area contributed by atoms with E-state index in [1.807, 2.05) is 0 Å². The molecule has 2 aromatic carbocycles. The first-order valence-electron chi connectivity index (χ1n) is 6.74. The summed E-state index contributed by atoms with van der Waals surface area (Å²) in [7, 11) is 0. The van der Waals surface area contributed by atoms with Gasteiger partial charge in [-0.3, -0.25) is 9.59 Å². The zero-order valence-corrected chi connectivity index (χ0v) is 11.5. The van der Waals surface area contributed by atoms with Gasteiger partial charge in [-0.15, -0.1) is 0 Å². The van der Waals surface area contributed by atoms with Gasteiger partial charge in [-0.1, -0.05) is 24.3 Å². The molecule has 0 atom stereocenters. The Labute approximate surface area is 126 Å². The van der Waals surface area contributed by atoms with Crippen molar-refractivity contribution in [1.29, 1.82) is 0 Å². The quantitative estimate of drug-likeness (QED) is 0.743. The van der Waals surface area contributed by atoms with Crippen LogP contribution in [0.4, 0.5) is 0 Å². The van der Waals surface area contributed by atoms with E-state index >= 15 is 0 Å². The highest BCUT2D eigenvalue weighted by Crippen LogP contribution is 2.27. The van der Waals surface area contributed by atoms with Gasteiger partial charge < -0.3 is 9.84 Å². The van der Waals surface area contributed by atoms with Crippen molar-refractivity contribution in [3.8, 4) is 0 Å². The SMILES string of the molecule is O=C(OCCO)c1ccc2c(c1)C(=O)c1ccccc1C2=O. The summed E-state index contributed by atoms with van der Waals surface area (Å²) in [6.45, 7) is -0.396. The number of esters is 1. The van der Waals surface area contributed by atoms with Crippen molar-refractivity contribution in [3.63, 3.8) is 0 Å². The topological polar surface area (TPSA) is 80.7 Å². The molecule has 1 aliphatic carbocycles. The summed E-state index contributed by atoms with van der Waals surface area (Å²) in [5.41, 5.74) is 1.36. The first-order chi connectivity index (χ1) is 10.6. The van der Waals surface area contributed by atoms with E-state index in [1.54, 1.807) is 24.3 Å². The zero-order valence-electron chi connectivity index (χ0n) is 11.5. The number of carbonyl (C=O) groups is 3. The fraction of sp³-hybridized carbons (Fsp3) is 0.118. The molecule has 2 aromatic rings. The van der Waals surface area contributed by atoms with Crippen molar-refractivity contribution in [2.45, 2.75) is 0 Å². The van der Waals surface area contributed by atoms with Gasteiger partial charge in [0.25, 0.3) is 0 Å². The van der Waals surface area contributed by atoms with Crippen LogP contribution in [0.25, 0.3) is 0 Å². The fourth-order valence-corrected chi connectivity index (χ4v) is 2.45. The Balaban J connectivity index is 2.04. The fourth-order valence-electron chi connectivity index (χ4n) is 2.45. The molecule has 0 aliphatic heterocycles. The second kappa shape index (κ2) is 5.54. The summed E-state index contributed by atoms with van der Waals surface area (Å²) in [5, 5.41) is 8.66. The number of aliphatic hydroxyl groups is 1. The largest absolute Gasteiger partial charge is 0.460 e. The van der Waals surface area contributed by atoms with Crippen LogP contribution in [0.5, 0.6) is 0 Å². The van der Waals surface area contributed by atoms with Gasteiger partial charge in [0, 0.05) is 22.3 Å². The van der Waals surface area contributed by atoms with Gasteiger partial charge in [0.05, 0.1) is 12.2 Å². The van der Waals surface area contributed by atoms with Gasteiger partial charge in [0.15, 0.2) is 11.6 Å². The van der Waals surface area contributed by atoms with E-state index in [9.17, 15) is 14.4 Å². The third-order valence-electron chi connectivity index (χ3n) is 3.49. The molecule has 0 aromatic heterocycles. The van der Waals surface area contributed by atoms with Gasteiger partial charge in [-0.05, 0) is 18.2 Å². The molecule has 5 heteroatoms. The highest BCUT2D eigenvalue weighted by atomic mass is 16.5. The van der Waals surface area contributed by atoms with Gasteiger partial charge in [0.2, 0.25) is 0 Å². The number of fused-ring (bicyclic) bond motifs is 2. The Morgan fingerprint density at radius 2 is 1.50 bits per heavy atom. The minimum Gasteiger partial charge on any atom is -0.460 e. The predicted molar refractivity (Wildman–Crippen MR) is 77.1 cm³/mol. The minimum atomic E-state index is -0.643. The Morgan fingerprint density at radius 3 is 2.14 bits per heavy atom. The third-order valence-corrected chi connectivity index (χ3v) is 3.49. The van der Waals surface area contributed by atoms with E-state index in [0.717, 1.165) is 0 Å². The minimum absolute atomic E-state index is 0.119. The van der Waals surface area contributed by atoms with Crippen LogP contribution in [0.2, 0.25) is 0 Å². The molecule has 1 N–H and O–H groups in total. The van der Waals surface area contributed by atoms with Gasteiger partial charge in [-0.25, -0.2) is 4.79 Å². The van der Waals surface area contributed by atoms with E-state index in [1.165, 1.54) is 18.2 Å². The molecular formula is C17H12O5.